The second-order valence-corrected chi connectivity index (χ2v) is 5.69. The molecule has 1 amide bonds. The van der Waals surface area contributed by atoms with Crippen LogP contribution in [0.15, 0.2) is 45.9 Å². The van der Waals surface area contributed by atoms with Gasteiger partial charge in [0.2, 0.25) is 0 Å². The highest BCUT2D eigenvalue weighted by Crippen LogP contribution is 2.13. The number of furan rings is 1. The first kappa shape index (κ1) is 20.0. The zero-order valence-corrected chi connectivity index (χ0v) is 16.9. The van der Waals surface area contributed by atoms with Crippen molar-refractivity contribution in [3.05, 3.63) is 48.0 Å². The van der Waals surface area contributed by atoms with E-state index in [1.807, 2.05) is 24.4 Å². The molecule has 0 unspecified atom stereocenters. The van der Waals surface area contributed by atoms with Crippen molar-refractivity contribution >= 4 is 41.7 Å². The summed E-state index contributed by atoms with van der Waals surface area (Å²) in [4.78, 5) is 24.2. The van der Waals surface area contributed by atoms with Gasteiger partial charge in [-0.3, -0.25) is 9.79 Å². The van der Waals surface area contributed by atoms with Crippen LogP contribution in [0.5, 0.6) is 0 Å². The average molecular weight is 470 g/mol. The van der Waals surface area contributed by atoms with Gasteiger partial charge in [0.05, 0.1) is 6.54 Å². The third kappa shape index (κ3) is 4.87. The Bertz CT molecular complexity index is 741. The van der Waals surface area contributed by atoms with E-state index in [1.165, 1.54) is 0 Å². The predicted molar refractivity (Wildman–Crippen MR) is 111 cm³/mol. The lowest BCUT2D eigenvalue weighted by Gasteiger charge is -2.37. The van der Waals surface area contributed by atoms with E-state index in [-0.39, 0.29) is 29.7 Å². The summed E-state index contributed by atoms with van der Waals surface area (Å²) in [5.74, 6) is 2.04. The van der Waals surface area contributed by atoms with Crippen molar-refractivity contribution in [3.8, 4) is 0 Å². The molecule has 0 aromatic carbocycles. The molecule has 0 bridgehead atoms. The molecule has 3 rings (SSSR count). The lowest BCUT2D eigenvalue weighted by molar-refractivity contribution is 0.0972. The first-order chi connectivity index (χ1) is 12.2. The van der Waals surface area contributed by atoms with Crippen LogP contribution in [0, 0.1) is 0 Å². The van der Waals surface area contributed by atoms with Crippen molar-refractivity contribution < 1.29 is 9.21 Å². The Kier molecular flexibility index (Phi) is 7.25. The molecule has 0 atom stereocenters. The highest BCUT2D eigenvalue weighted by atomic mass is 127. The quantitative estimate of drug-likeness (QED) is 0.397. The molecule has 0 spiro atoms. The number of guanidine groups is 1. The molecule has 3 heterocycles. The number of hydrogen-bond acceptors (Lipinski definition) is 5. The number of aromatic nitrogens is 1. The lowest BCUT2D eigenvalue weighted by Crippen LogP contribution is -2.52. The highest BCUT2D eigenvalue weighted by molar-refractivity contribution is 14.0. The van der Waals surface area contributed by atoms with Crippen molar-refractivity contribution in [3.63, 3.8) is 0 Å². The largest absolute Gasteiger partial charge is 0.454 e. The number of piperazine rings is 1. The van der Waals surface area contributed by atoms with Crippen molar-refractivity contribution in [1.29, 1.82) is 0 Å². The number of nitrogens with two attached hydrogens (primary N) is 1. The Labute approximate surface area is 169 Å². The van der Waals surface area contributed by atoms with Crippen LogP contribution in [0.4, 0.5) is 5.82 Å². The van der Waals surface area contributed by atoms with Gasteiger partial charge in [-0.15, -0.1) is 24.0 Å². The molecule has 0 radical (unpaired) electrons. The van der Waals surface area contributed by atoms with E-state index in [4.69, 9.17) is 10.2 Å². The van der Waals surface area contributed by atoms with E-state index in [0.717, 1.165) is 38.0 Å². The third-order valence-electron chi connectivity index (χ3n) is 4.09. The van der Waals surface area contributed by atoms with E-state index in [9.17, 15) is 4.79 Å². The van der Waals surface area contributed by atoms with Crippen LogP contribution in [-0.2, 0) is 6.54 Å². The number of aliphatic imine (C=N–C) groups is 1. The molecule has 1 fully saturated rings. The second-order valence-electron chi connectivity index (χ2n) is 5.69. The highest BCUT2D eigenvalue weighted by Gasteiger charge is 2.20. The number of rotatable bonds is 4. The van der Waals surface area contributed by atoms with E-state index in [0.29, 0.717) is 12.3 Å². The molecule has 1 aliphatic rings. The van der Waals surface area contributed by atoms with Crippen LogP contribution >= 0.6 is 24.0 Å². The number of amides is 1. The minimum Gasteiger partial charge on any atom is -0.454 e. The Morgan fingerprint density at radius 2 is 2.04 bits per heavy atom. The van der Waals surface area contributed by atoms with E-state index in [1.54, 1.807) is 19.2 Å². The second kappa shape index (κ2) is 9.41. The number of pyridine rings is 1. The van der Waals surface area contributed by atoms with Crippen molar-refractivity contribution in [2.45, 2.75) is 6.54 Å². The Morgan fingerprint density at radius 1 is 1.27 bits per heavy atom. The summed E-state index contributed by atoms with van der Waals surface area (Å²) in [5, 5.41) is 3.26. The zero-order chi connectivity index (χ0) is 17.6. The summed E-state index contributed by atoms with van der Waals surface area (Å²) < 4.78 is 5.38. The summed E-state index contributed by atoms with van der Waals surface area (Å²) in [6, 6.07) is 9.26. The number of nitrogens with one attached hydrogen (secondary N) is 1. The summed E-state index contributed by atoms with van der Waals surface area (Å²) in [5.41, 5.74) is 5.19. The van der Waals surface area contributed by atoms with Gasteiger partial charge in [0.15, 0.2) is 11.7 Å². The normalized spacial score (nSPS) is 14.7. The molecule has 0 saturated carbocycles. The molecule has 26 heavy (non-hydrogen) atoms. The van der Waals surface area contributed by atoms with Gasteiger partial charge in [0.25, 0.3) is 5.91 Å². The number of carbonyl (C=O) groups excluding carboxylic acids is 1. The monoisotopic (exact) mass is 470 g/mol. The smallest absolute Gasteiger partial charge is 0.284 e. The third-order valence-corrected chi connectivity index (χ3v) is 4.09. The van der Waals surface area contributed by atoms with Crippen LogP contribution in [-0.4, -0.2) is 55.0 Å². The van der Waals surface area contributed by atoms with Gasteiger partial charge in [-0.2, -0.15) is 0 Å². The van der Waals surface area contributed by atoms with E-state index in [2.05, 4.69) is 25.1 Å². The fraction of sp³-hybridized carbons (Fsp3) is 0.353. The molecule has 2 aromatic rings. The van der Waals surface area contributed by atoms with Crippen molar-refractivity contribution in [1.82, 2.24) is 15.2 Å². The molecule has 8 nitrogen and oxygen atoms in total. The number of carbonyl (C=O) groups is 1. The topological polar surface area (TPSA) is 100.0 Å². The maximum atomic E-state index is 11.1. The minimum absolute atomic E-state index is 0. The Morgan fingerprint density at radius 3 is 2.62 bits per heavy atom. The van der Waals surface area contributed by atoms with Crippen LogP contribution in [0.2, 0.25) is 0 Å². The fourth-order valence-electron chi connectivity index (χ4n) is 2.79. The van der Waals surface area contributed by atoms with E-state index >= 15 is 0 Å². The maximum Gasteiger partial charge on any atom is 0.284 e. The molecule has 1 aliphatic heterocycles. The number of primary amides is 1. The van der Waals surface area contributed by atoms with Crippen molar-refractivity contribution in [2.75, 3.05) is 38.1 Å². The number of nitrogens with zero attached hydrogens (tertiary/aromatic N) is 4. The SMILES string of the molecule is CN=C(NCc1ccc(C(N)=O)o1)N1CCN(c2ccccn2)CC1.I. The summed E-state index contributed by atoms with van der Waals surface area (Å²) in [6.07, 6.45) is 1.81. The zero-order valence-electron chi connectivity index (χ0n) is 14.6. The van der Waals surface area contributed by atoms with Gasteiger partial charge in [-0.05, 0) is 24.3 Å². The molecular weight excluding hydrogens is 447 g/mol. The van der Waals surface area contributed by atoms with Gasteiger partial charge in [0, 0.05) is 39.4 Å². The molecule has 9 heteroatoms. The van der Waals surface area contributed by atoms with Crippen molar-refractivity contribution in [2.24, 2.45) is 10.7 Å². The van der Waals surface area contributed by atoms with Crippen LogP contribution in [0.1, 0.15) is 16.3 Å². The Hall–Kier alpha value is -2.30. The summed E-state index contributed by atoms with van der Waals surface area (Å²) in [7, 11) is 1.75. The first-order valence-electron chi connectivity index (χ1n) is 8.17. The van der Waals surface area contributed by atoms with Gasteiger partial charge in [-0.25, -0.2) is 4.98 Å². The van der Waals surface area contributed by atoms with Gasteiger partial charge in [-0.1, -0.05) is 6.07 Å². The number of hydrogen-bond donors (Lipinski definition) is 2. The lowest BCUT2D eigenvalue weighted by atomic mass is 10.3. The molecule has 2 aromatic heterocycles. The predicted octanol–water partition coefficient (Wildman–Crippen LogP) is 1.29. The molecule has 0 aliphatic carbocycles. The van der Waals surface area contributed by atoms with Crippen LogP contribution < -0.4 is 16.0 Å². The average Bonchev–Trinajstić information content (AvgIpc) is 3.13. The van der Waals surface area contributed by atoms with E-state index < -0.39 is 5.91 Å². The standard InChI is InChI=1S/C17H22N6O2.HI/c1-19-17(21-12-13-5-6-14(25-13)16(18)24)23-10-8-22(9-11-23)15-4-2-3-7-20-15;/h2-7H,8-12H2,1H3,(H2,18,24)(H,19,21);1H. The van der Waals surface area contributed by atoms with Crippen LogP contribution in [0.3, 0.4) is 0 Å². The first-order valence-corrected chi connectivity index (χ1v) is 8.17. The fourth-order valence-corrected chi connectivity index (χ4v) is 2.79. The maximum absolute atomic E-state index is 11.1. The summed E-state index contributed by atoms with van der Waals surface area (Å²) >= 11 is 0. The number of halogens is 1. The molecule has 140 valence electrons. The molecule has 1 saturated heterocycles. The number of anilines is 1. The van der Waals surface area contributed by atoms with Crippen LogP contribution in [0.25, 0.3) is 0 Å². The molecular formula is C17H23IN6O2. The molecule has 3 N–H and O–H groups in total. The van der Waals surface area contributed by atoms with Gasteiger partial charge in [0.1, 0.15) is 11.6 Å². The Balaban J connectivity index is 0.00000243. The van der Waals surface area contributed by atoms with Gasteiger partial charge >= 0.3 is 0 Å². The summed E-state index contributed by atoms with van der Waals surface area (Å²) in [6.45, 7) is 3.90. The van der Waals surface area contributed by atoms with Gasteiger partial charge < -0.3 is 25.3 Å². The minimum atomic E-state index is -0.568.